The van der Waals surface area contributed by atoms with Gasteiger partial charge in [-0.15, -0.1) is 0 Å². The van der Waals surface area contributed by atoms with Gasteiger partial charge in [0.25, 0.3) is 0 Å². The van der Waals surface area contributed by atoms with Gasteiger partial charge in [-0.3, -0.25) is 0 Å². The van der Waals surface area contributed by atoms with Gasteiger partial charge in [-0.05, 0) is 31.9 Å². The second kappa shape index (κ2) is 8.28. The maximum Gasteiger partial charge on any atom is 0.124 e. The van der Waals surface area contributed by atoms with Crippen LogP contribution in [0.4, 0.5) is 0 Å². The highest BCUT2D eigenvalue weighted by Crippen LogP contribution is 2.27. The molecule has 2 unspecified atom stereocenters. The summed E-state index contributed by atoms with van der Waals surface area (Å²) < 4.78 is 11.6. The van der Waals surface area contributed by atoms with Crippen LogP contribution in [-0.4, -0.2) is 25.9 Å². The summed E-state index contributed by atoms with van der Waals surface area (Å²) in [6.45, 7) is 6.98. The zero-order valence-electron chi connectivity index (χ0n) is 12.7. The maximum absolute atomic E-state index is 6.01. The van der Waals surface area contributed by atoms with Gasteiger partial charge in [-0.25, -0.2) is 0 Å². The number of benzene rings is 1. The van der Waals surface area contributed by atoms with E-state index in [-0.39, 0.29) is 0 Å². The van der Waals surface area contributed by atoms with Crippen LogP contribution in [0.5, 0.6) is 5.75 Å². The van der Waals surface area contributed by atoms with E-state index in [4.69, 9.17) is 9.47 Å². The third kappa shape index (κ3) is 4.22. The molecule has 2 atom stereocenters. The lowest BCUT2D eigenvalue weighted by atomic mass is 10.0. The second-order valence-electron chi connectivity index (χ2n) is 5.33. The SMILES string of the molecule is CCNC(CC)c1ccccc1OCCC1CCCO1. The Kier molecular flexibility index (Phi) is 6.34. The van der Waals surface area contributed by atoms with Crippen molar-refractivity contribution in [2.75, 3.05) is 19.8 Å². The van der Waals surface area contributed by atoms with Gasteiger partial charge >= 0.3 is 0 Å². The van der Waals surface area contributed by atoms with E-state index in [0.29, 0.717) is 12.1 Å². The predicted octanol–water partition coefficient (Wildman–Crippen LogP) is 3.70. The van der Waals surface area contributed by atoms with Gasteiger partial charge in [0.1, 0.15) is 5.75 Å². The summed E-state index contributed by atoms with van der Waals surface area (Å²) in [6, 6.07) is 8.74. The van der Waals surface area contributed by atoms with Crippen molar-refractivity contribution in [3.8, 4) is 5.75 Å². The highest BCUT2D eigenvalue weighted by molar-refractivity contribution is 5.35. The van der Waals surface area contributed by atoms with Crippen molar-refractivity contribution in [1.82, 2.24) is 5.32 Å². The van der Waals surface area contributed by atoms with Gasteiger partial charge in [0.15, 0.2) is 0 Å². The van der Waals surface area contributed by atoms with Gasteiger partial charge in [0.05, 0.1) is 12.7 Å². The van der Waals surface area contributed by atoms with E-state index in [1.165, 1.54) is 18.4 Å². The molecule has 112 valence electrons. The summed E-state index contributed by atoms with van der Waals surface area (Å²) in [5.74, 6) is 1.01. The Bertz CT molecular complexity index is 388. The van der Waals surface area contributed by atoms with Crippen LogP contribution in [0.1, 0.15) is 51.1 Å². The van der Waals surface area contributed by atoms with Crippen LogP contribution < -0.4 is 10.1 Å². The van der Waals surface area contributed by atoms with Crippen molar-refractivity contribution in [2.45, 2.75) is 51.7 Å². The average Bonchev–Trinajstić information content (AvgIpc) is 2.99. The minimum absolute atomic E-state index is 0.374. The fraction of sp³-hybridized carbons (Fsp3) is 0.647. The molecule has 1 aliphatic heterocycles. The molecule has 0 aromatic heterocycles. The molecule has 0 aliphatic carbocycles. The number of para-hydroxylation sites is 1. The fourth-order valence-corrected chi connectivity index (χ4v) is 2.79. The average molecular weight is 277 g/mol. The molecule has 2 rings (SSSR count). The first-order valence-electron chi connectivity index (χ1n) is 7.91. The second-order valence-corrected chi connectivity index (χ2v) is 5.33. The Morgan fingerprint density at radius 3 is 2.90 bits per heavy atom. The smallest absolute Gasteiger partial charge is 0.124 e. The normalized spacial score (nSPS) is 20.0. The lowest BCUT2D eigenvalue weighted by molar-refractivity contribution is 0.0901. The Hall–Kier alpha value is -1.06. The summed E-state index contributed by atoms with van der Waals surface area (Å²) in [6.07, 6.45) is 4.84. The van der Waals surface area contributed by atoms with Crippen molar-refractivity contribution < 1.29 is 9.47 Å². The van der Waals surface area contributed by atoms with Gasteiger partial charge in [-0.1, -0.05) is 32.0 Å². The largest absolute Gasteiger partial charge is 0.493 e. The van der Waals surface area contributed by atoms with E-state index in [1.54, 1.807) is 0 Å². The molecule has 0 spiro atoms. The molecular formula is C17H27NO2. The van der Waals surface area contributed by atoms with Crippen molar-refractivity contribution in [2.24, 2.45) is 0 Å². The van der Waals surface area contributed by atoms with E-state index < -0.39 is 0 Å². The Morgan fingerprint density at radius 1 is 1.35 bits per heavy atom. The molecule has 1 aliphatic rings. The van der Waals surface area contributed by atoms with Crippen molar-refractivity contribution >= 4 is 0 Å². The van der Waals surface area contributed by atoms with Crippen LogP contribution in [0.15, 0.2) is 24.3 Å². The molecule has 0 amide bonds. The zero-order chi connectivity index (χ0) is 14.2. The summed E-state index contributed by atoms with van der Waals surface area (Å²) >= 11 is 0. The van der Waals surface area contributed by atoms with Crippen LogP contribution in [0, 0.1) is 0 Å². The van der Waals surface area contributed by atoms with Crippen LogP contribution >= 0.6 is 0 Å². The fourth-order valence-electron chi connectivity index (χ4n) is 2.79. The molecular weight excluding hydrogens is 250 g/mol. The topological polar surface area (TPSA) is 30.5 Å². The molecule has 1 aromatic carbocycles. The van der Waals surface area contributed by atoms with Crippen LogP contribution in [0.25, 0.3) is 0 Å². The molecule has 3 heteroatoms. The number of hydrogen-bond donors (Lipinski definition) is 1. The third-order valence-corrected chi connectivity index (χ3v) is 3.87. The zero-order valence-corrected chi connectivity index (χ0v) is 12.7. The number of rotatable bonds is 8. The molecule has 1 aromatic rings. The van der Waals surface area contributed by atoms with E-state index in [2.05, 4.69) is 37.4 Å². The molecule has 1 saturated heterocycles. The highest BCUT2D eigenvalue weighted by atomic mass is 16.5. The van der Waals surface area contributed by atoms with E-state index in [9.17, 15) is 0 Å². The van der Waals surface area contributed by atoms with Crippen LogP contribution in [0.2, 0.25) is 0 Å². The first-order valence-corrected chi connectivity index (χ1v) is 7.91. The highest BCUT2D eigenvalue weighted by Gasteiger charge is 2.16. The maximum atomic E-state index is 6.01. The number of hydrogen-bond acceptors (Lipinski definition) is 3. The monoisotopic (exact) mass is 277 g/mol. The van der Waals surface area contributed by atoms with Crippen LogP contribution in [0.3, 0.4) is 0 Å². The molecule has 0 bridgehead atoms. The van der Waals surface area contributed by atoms with Gasteiger partial charge in [-0.2, -0.15) is 0 Å². The van der Waals surface area contributed by atoms with E-state index >= 15 is 0 Å². The molecule has 1 N–H and O–H groups in total. The van der Waals surface area contributed by atoms with E-state index in [0.717, 1.165) is 38.3 Å². The Morgan fingerprint density at radius 2 is 2.20 bits per heavy atom. The van der Waals surface area contributed by atoms with Gasteiger partial charge in [0, 0.05) is 24.6 Å². The van der Waals surface area contributed by atoms with Crippen LogP contribution in [-0.2, 0) is 4.74 Å². The molecule has 1 fully saturated rings. The lowest BCUT2D eigenvalue weighted by Crippen LogP contribution is -2.21. The van der Waals surface area contributed by atoms with Crippen molar-refractivity contribution in [3.63, 3.8) is 0 Å². The predicted molar refractivity (Wildman–Crippen MR) is 82.2 cm³/mol. The molecule has 20 heavy (non-hydrogen) atoms. The number of ether oxygens (including phenoxy) is 2. The van der Waals surface area contributed by atoms with Crippen molar-refractivity contribution in [1.29, 1.82) is 0 Å². The quantitative estimate of drug-likeness (QED) is 0.786. The third-order valence-electron chi connectivity index (χ3n) is 3.87. The minimum Gasteiger partial charge on any atom is -0.493 e. The molecule has 3 nitrogen and oxygen atoms in total. The summed E-state index contributed by atoms with van der Waals surface area (Å²) in [5.41, 5.74) is 1.27. The summed E-state index contributed by atoms with van der Waals surface area (Å²) in [5, 5.41) is 3.52. The van der Waals surface area contributed by atoms with E-state index in [1.807, 2.05) is 6.07 Å². The summed E-state index contributed by atoms with van der Waals surface area (Å²) in [7, 11) is 0. The van der Waals surface area contributed by atoms with Gasteiger partial charge in [0.2, 0.25) is 0 Å². The first kappa shape index (κ1) is 15.3. The first-order chi connectivity index (χ1) is 9.85. The Balaban J connectivity index is 1.92. The molecule has 0 saturated carbocycles. The standard InChI is InChI=1S/C17H27NO2/c1-3-16(18-4-2)15-9-5-6-10-17(15)20-13-11-14-8-7-12-19-14/h5-6,9-10,14,16,18H,3-4,7-8,11-13H2,1-2H3. The minimum atomic E-state index is 0.374. The van der Waals surface area contributed by atoms with Crippen molar-refractivity contribution in [3.05, 3.63) is 29.8 Å². The number of nitrogens with one attached hydrogen (secondary N) is 1. The molecule has 1 heterocycles. The summed E-state index contributed by atoms with van der Waals surface area (Å²) in [4.78, 5) is 0. The van der Waals surface area contributed by atoms with Gasteiger partial charge < -0.3 is 14.8 Å². The Labute approximate surface area is 122 Å². The lowest BCUT2D eigenvalue weighted by Gasteiger charge is -2.20. The molecule has 0 radical (unpaired) electrons.